The van der Waals surface area contributed by atoms with E-state index in [1.165, 1.54) is 4.52 Å². The number of rotatable bonds is 2. The molecule has 3 aromatic heterocycles. The lowest BCUT2D eigenvalue weighted by Gasteiger charge is -1.99. The molecule has 0 saturated carbocycles. The number of sulfone groups is 1. The molecule has 0 aliphatic rings. The Morgan fingerprint density at radius 3 is 2.75 bits per heavy atom. The first kappa shape index (κ1) is 14.5. The summed E-state index contributed by atoms with van der Waals surface area (Å²) in [6.07, 6.45) is 2.72. The summed E-state index contributed by atoms with van der Waals surface area (Å²) in [5.41, 5.74) is 7.36. The topological polar surface area (TPSA) is 129 Å². The fourth-order valence-electron chi connectivity index (χ4n) is 2.29. The number of pyridine rings is 1. The minimum Gasteiger partial charge on any atom is -0.368 e. The van der Waals surface area contributed by atoms with Crippen molar-refractivity contribution in [2.24, 2.45) is 0 Å². The largest absolute Gasteiger partial charge is 0.368 e. The van der Waals surface area contributed by atoms with Gasteiger partial charge in [0, 0.05) is 23.4 Å². The van der Waals surface area contributed by atoms with Crippen LogP contribution in [0, 0.1) is 0 Å². The molecule has 0 aliphatic heterocycles. The molecule has 4 aromatic rings. The van der Waals surface area contributed by atoms with Gasteiger partial charge in [-0.15, -0.1) is 5.10 Å². The van der Waals surface area contributed by atoms with Gasteiger partial charge in [-0.2, -0.15) is 19.5 Å². The number of aromatic nitrogens is 6. The maximum Gasteiger partial charge on any atom is 0.258 e. The molecule has 10 heteroatoms. The van der Waals surface area contributed by atoms with Crippen LogP contribution in [-0.4, -0.2) is 44.2 Å². The quantitative estimate of drug-likeness (QED) is 0.564. The Bertz CT molecular complexity index is 1200. The first-order valence-electron chi connectivity index (χ1n) is 6.87. The van der Waals surface area contributed by atoms with Crippen molar-refractivity contribution in [1.82, 2.24) is 29.5 Å². The molecule has 1 aromatic carbocycles. The van der Waals surface area contributed by atoms with E-state index < -0.39 is 9.84 Å². The van der Waals surface area contributed by atoms with Crippen molar-refractivity contribution in [3.63, 3.8) is 0 Å². The summed E-state index contributed by atoms with van der Waals surface area (Å²) in [7, 11) is -3.59. The highest BCUT2D eigenvalue weighted by Crippen LogP contribution is 2.21. The highest BCUT2D eigenvalue weighted by atomic mass is 32.2. The fourth-order valence-corrected chi connectivity index (χ4v) is 2.80. The first-order valence-corrected chi connectivity index (χ1v) is 8.76. The van der Waals surface area contributed by atoms with Crippen LogP contribution in [0.2, 0.25) is 0 Å². The second-order valence-corrected chi connectivity index (χ2v) is 7.10. The number of nitrogens with zero attached hydrogens (tertiary/aromatic N) is 6. The van der Waals surface area contributed by atoms with Crippen LogP contribution >= 0.6 is 0 Å². The van der Waals surface area contributed by atoms with Crippen molar-refractivity contribution in [2.45, 2.75) is 5.16 Å². The zero-order valence-corrected chi connectivity index (χ0v) is 13.3. The van der Waals surface area contributed by atoms with Crippen LogP contribution in [0.3, 0.4) is 0 Å². The van der Waals surface area contributed by atoms with Gasteiger partial charge >= 0.3 is 0 Å². The standard InChI is InChI=1S/C14H11N7O2S/c1-24(22,23)14-18-12(15)21-13(19-14)17-11(20-21)9-4-5-10-8(7-9)3-2-6-16-10/h2-7H,1H3,(H2,15,17,18,19,20). The van der Waals surface area contributed by atoms with E-state index in [2.05, 4.69) is 25.0 Å². The van der Waals surface area contributed by atoms with Gasteiger partial charge < -0.3 is 5.73 Å². The third-order valence-corrected chi connectivity index (χ3v) is 4.25. The Morgan fingerprint density at radius 1 is 1.12 bits per heavy atom. The van der Waals surface area contributed by atoms with Gasteiger partial charge in [0.05, 0.1) is 5.52 Å². The zero-order valence-electron chi connectivity index (χ0n) is 12.4. The smallest absolute Gasteiger partial charge is 0.258 e. The van der Waals surface area contributed by atoms with Gasteiger partial charge in [-0.1, -0.05) is 6.07 Å². The van der Waals surface area contributed by atoms with E-state index in [0.29, 0.717) is 5.82 Å². The molecule has 2 N–H and O–H groups in total. The van der Waals surface area contributed by atoms with Crippen LogP contribution < -0.4 is 5.73 Å². The van der Waals surface area contributed by atoms with Crippen LogP contribution in [0.4, 0.5) is 5.95 Å². The van der Waals surface area contributed by atoms with Crippen molar-refractivity contribution in [2.75, 3.05) is 12.0 Å². The van der Waals surface area contributed by atoms with Gasteiger partial charge in [-0.05, 0) is 24.3 Å². The monoisotopic (exact) mass is 341 g/mol. The molecule has 3 heterocycles. The van der Waals surface area contributed by atoms with Crippen molar-refractivity contribution in [1.29, 1.82) is 0 Å². The van der Waals surface area contributed by atoms with Gasteiger partial charge in [0.2, 0.25) is 15.8 Å². The molecule has 0 fully saturated rings. The Kier molecular flexibility index (Phi) is 2.97. The van der Waals surface area contributed by atoms with E-state index in [0.717, 1.165) is 22.7 Å². The summed E-state index contributed by atoms with van der Waals surface area (Å²) >= 11 is 0. The molecule has 0 unspecified atom stereocenters. The number of nitrogen functional groups attached to an aromatic ring is 1. The molecule has 0 atom stereocenters. The average Bonchev–Trinajstić information content (AvgIpc) is 2.98. The Morgan fingerprint density at radius 2 is 1.96 bits per heavy atom. The maximum absolute atomic E-state index is 11.6. The van der Waals surface area contributed by atoms with Crippen LogP contribution in [0.5, 0.6) is 0 Å². The molecule has 0 saturated heterocycles. The van der Waals surface area contributed by atoms with E-state index >= 15 is 0 Å². The van der Waals surface area contributed by atoms with Gasteiger partial charge in [0.1, 0.15) is 0 Å². The number of fused-ring (bicyclic) bond motifs is 2. The lowest BCUT2D eigenvalue weighted by Crippen LogP contribution is -2.11. The average molecular weight is 341 g/mol. The predicted molar refractivity (Wildman–Crippen MR) is 86.8 cm³/mol. The minimum absolute atomic E-state index is 0.0733. The van der Waals surface area contributed by atoms with E-state index in [1.807, 2.05) is 30.3 Å². The summed E-state index contributed by atoms with van der Waals surface area (Å²) in [4.78, 5) is 16.2. The Labute approximate surface area is 136 Å². The molecule has 0 aliphatic carbocycles. The lowest BCUT2D eigenvalue weighted by molar-refractivity contribution is 0.592. The van der Waals surface area contributed by atoms with Crippen LogP contribution in [0.15, 0.2) is 41.7 Å². The van der Waals surface area contributed by atoms with E-state index in [1.54, 1.807) is 6.20 Å². The van der Waals surface area contributed by atoms with Gasteiger partial charge in [-0.3, -0.25) is 4.98 Å². The number of anilines is 1. The van der Waals surface area contributed by atoms with E-state index in [4.69, 9.17) is 5.73 Å². The minimum atomic E-state index is -3.59. The SMILES string of the molecule is CS(=O)(=O)c1nc(N)n2nc(-c3ccc4ncccc4c3)nc2n1. The molecular formula is C14H11N7O2S. The Hall–Kier alpha value is -3.14. The van der Waals surface area contributed by atoms with E-state index in [-0.39, 0.29) is 16.9 Å². The van der Waals surface area contributed by atoms with Crippen molar-refractivity contribution < 1.29 is 8.42 Å². The molecule has 24 heavy (non-hydrogen) atoms. The molecule has 0 bridgehead atoms. The highest BCUT2D eigenvalue weighted by Gasteiger charge is 2.17. The summed E-state index contributed by atoms with van der Waals surface area (Å²) in [6.45, 7) is 0. The molecule has 0 amide bonds. The fraction of sp³-hybridized carbons (Fsp3) is 0.0714. The van der Waals surface area contributed by atoms with Gasteiger partial charge in [0.25, 0.3) is 10.9 Å². The molecule has 0 radical (unpaired) electrons. The Balaban J connectivity index is 1.91. The van der Waals surface area contributed by atoms with Crippen LogP contribution in [0.1, 0.15) is 0 Å². The summed E-state index contributed by atoms with van der Waals surface area (Å²) in [5, 5.41) is 4.81. The normalized spacial score (nSPS) is 12.0. The lowest BCUT2D eigenvalue weighted by atomic mass is 10.1. The number of hydrogen-bond acceptors (Lipinski definition) is 8. The van der Waals surface area contributed by atoms with Crippen molar-refractivity contribution >= 4 is 32.5 Å². The maximum atomic E-state index is 11.6. The second kappa shape index (κ2) is 4.93. The van der Waals surface area contributed by atoms with Crippen LogP contribution in [0.25, 0.3) is 28.1 Å². The van der Waals surface area contributed by atoms with Gasteiger partial charge in [-0.25, -0.2) is 8.42 Å². The van der Waals surface area contributed by atoms with Gasteiger partial charge in [0.15, 0.2) is 5.82 Å². The third kappa shape index (κ3) is 2.33. The third-order valence-electron chi connectivity index (χ3n) is 3.41. The number of hydrogen-bond donors (Lipinski definition) is 1. The first-order chi connectivity index (χ1) is 11.4. The molecule has 4 rings (SSSR count). The summed E-state index contributed by atoms with van der Waals surface area (Å²) in [5.74, 6) is 0.346. The van der Waals surface area contributed by atoms with E-state index in [9.17, 15) is 8.42 Å². The van der Waals surface area contributed by atoms with Crippen molar-refractivity contribution in [3.05, 3.63) is 36.5 Å². The summed E-state index contributed by atoms with van der Waals surface area (Å²) in [6, 6.07) is 9.33. The molecule has 0 spiro atoms. The molecule has 120 valence electrons. The predicted octanol–water partition coefficient (Wildman–Crippen LogP) is 0.720. The number of benzene rings is 1. The molecular weight excluding hydrogens is 330 g/mol. The number of nitrogens with two attached hydrogens (primary N) is 1. The zero-order chi connectivity index (χ0) is 16.9. The summed E-state index contributed by atoms with van der Waals surface area (Å²) < 4.78 is 24.4. The molecule has 9 nitrogen and oxygen atoms in total. The highest BCUT2D eigenvalue weighted by molar-refractivity contribution is 7.90. The second-order valence-electron chi connectivity index (χ2n) is 5.19. The van der Waals surface area contributed by atoms with Crippen LogP contribution in [-0.2, 0) is 9.84 Å². The van der Waals surface area contributed by atoms with Crippen molar-refractivity contribution in [3.8, 4) is 11.4 Å².